The molecule has 0 bridgehead atoms. The van der Waals surface area contributed by atoms with Crippen molar-refractivity contribution >= 4 is 22.3 Å². The van der Waals surface area contributed by atoms with E-state index in [1.807, 2.05) is 44.9 Å². The van der Waals surface area contributed by atoms with Gasteiger partial charge in [-0.05, 0) is 46.0 Å². The van der Waals surface area contributed by atoms with Crippen LogP contribution in [0, 0.1) is 45.4 Å². The van der Waals surface area contributed by atoms with Crippen molar-refractivity contribution in [3.63, 3.8) is 0 Å². The Labute approximate surface area is 260 Å². The number of imidazole rings is 2. The molecular weight excluding hydrogens is 560 g/mol. The predicted molar refractivity (Wildman–Crippen MR) is 169 cm³/mol. The van der Waals surface area contributed by atoms with Gasteiger partial charge in [0.15, 0.2) is 11.3 Å². The second-order valence-corrected chi connectivity index (χ2v) is 12.2. The highest BCUT2D eigenvalue weighted by Gasteiger charge is 2.46. The van der Waals surface area contributed by atoms with Crippen LogP contribution in [0.25, 0.3) is 22.3 Å². The maximum Gasteiger partial charge on any atom is 0.166 e. The Bertz CT molecular complexity index is 1570. The Balaban J connectivity index is 0.000000197. The van der Waals surface area contributed by atoms with Crippen molar-refractivity contribution in [1.82, 2.24) is 39.0 Å². The van der Waals surface area contributed by atoms with Crippen molar-refractivity contribution in [3.05, 3.63) is 35.7 Å². The molecule has 0 aliphatic carbocycles. The van der Waals surface area contributed by atoms with Crippen LogP contribution in [0.5, 0.6) is 0 Å². The molecule has 0 radical (unpaired) electrons. The first-order valence-corrected chi connectivity index (χ1v) is 15.2. The van der Waals surface area contributed by atoms with E-state index in [2.05, 4.69) is 62.2 Å². The number of rotatable bonds is 7. The van der Waals surface area contributed by atoms with Crippen LogP contribution in [-0.2, 0) is 24.7 Å². The van der Waals surface area contributed by atoms with Crippen molar-refractivity contribution in [2.45, 2.75) is 99.8 Å². The number of methoxy groups -OCH3 is 2. The molecule has 2 fully saturated rings. The summed E-state index contributed by atoms with van der Waals surface area (Å²) >= 11 is 0. The molecule has 7 atom stereocenters. The quantitative estimate of drug-likeness (QED) is 0.266. The van der Waals surface area contributed by atoms with E-state index < -0.39 is 5.72 Å². The van der Waals surface area contributed by atoms with Crippen molar-refractivity contribution in [1.29, 1.82) is 0 Å². The zero-order valence-electron chi connectivity index (χ0n) is 27.2. The molecule has 0 spiro atoms. The lowest BCUT2D eigenvalue weighted by Crippen LogP contribution is -2.33. The summed E-state index contributed by atoms with van der Waals surface area (Å²) in [6, 6.07) is 0. The van der Waals surface area contributed by atoms with E-state index in [1.165, 1.54) is 0 Å². The van der Waals surface area contributed by atoms with Gasteiger partial charge in [-0.1, -0.05) is 35.1 Å². The highest BCUT2D eigenvalue weighted by Crippen LogP contribution is 2.43. The van der Waals surface area contributed by atoms with Gasteiger partial charge in [-0.15, -0.1) is 0 Å². The summed E-state index contributed by atoms with van der Waals surface area (Å²) in [5, 5.41) is 0. The third kappa shape index (κ3) is 6.09. The lowest BCUT2D eigenvalue weighted by atomic mass is 9.93. The van der Waals surface area contributed by atoms with Crippen molar-refractivity contribution in [3.8, 4) is 0 Å². The number of aromatic nitrogens is 8. The molecular formula is C32H50N8O4. The zero-order chi connectivity index (χ0) is 31.1. The summed E-state index contributed by atoms with van der Waals surface area (Å²) in [6.07, 6.45) is 5.61. The lowest BCUT2D eigenvalue weighted by molar-refractivity contribution is -0.117. The van der Waals surface area contributed by atoms with E-state index in [9.17, 15) is 0 Å². The lowest BCUT2D eigenvalue weighted by Gasteiger charge is -2.30. The molecule has 2 aliphatic heterocycles. The summed E-state index contributed by atoms with van der Waals surface area (Å²) in [7, 11) is 3.43. The monoisotopic (exact) mass is 610 g/mol. The number of aryl methyl sites for hydroxylation is 4. The van der Waals surface area contributed by atoms with Crippen LogP contribution in [0.1, 0.15) is 77.2 Å². The third-order valence-electron chi connectivity index (χ3n) is 9.14. The maximum absolute atomic E-state index is 6.42. The van der Waals surface area contributed by atoms with Gasteiger partial charge in [0.1, 0.15) is 34.6 Å². The Morgan fingerprint density at radius 3 is 2.00 bits per heavy atom. The number of nitrogens with zero attached hydrogens (tertiary/aromatic N) is 8. The molecule has 2 unspecified atom stereocenters. The molecule has 4 aromatic rings. The van der Waals surface area contributed by atoms with E-state index in [0.717, 1.165) is 58.2 Å². The average Bonchev–Trinajstić information content (AvgIpc) is 3.72. The molecule has 2 aliphatic rings. The number of ether oxygens (including phenoxy) is 4. The van der Waals surface area contributed by atoms with Crippen LogP contribution >= 0.6 is 0 Å². The fourth-order valence-corrected chi connectivity index (χ4v) is 6.55. The van der Waals surface area contributed by atoms with Gasteiger partial charge in [0.2, 0.25) is 0 Å². The number of fused-ring (bicyclic) bond motifs is 2. The normalized spacial score (nSPS) is 28.3. The van der Waals surface area contributed by atoms with Gasteiger partial charge in [0, 0.05) is 26.6 Å². The van der Waals surface area contributed by atoms with E-state index in [-0.39, 0.29) is 25.9 Å². The van der Waals surface area contributed by atoms with Crippen LogP contribution < -0.4 is 0 Å². The molecule has 6 heterocycles. The first-order valence-electron chi connectivity index (χ1n) is 15.2. The summed E-state index contributed by atoms with van der Waals surface area (Å²) in [5.41, 5.74) is 4.82. The molecule has 0 amide bonds. The van der Waals surface area contributed by atoms with Crippen LogP contribution in [0.15, 0.2) is 12.7 Å². The summed E-state index contributed by atoms with van der Waals surface area (Å²) in [5.74, 6) is 2.75. The second-order valence-electron chi connectivity index (χ2n) is 12.2. The molecule has 12 nitrogen and oxygen atoms in total. The number of hydrogen-bond donors (Lipinski definition) is 0. The smallest absolute Gasteiger partial charge is 0.166 e. The minimum atomic E-state index is -0.398. The van der Waals surface area contributed by atoms with Crippen molar-refractivity contribution < 1.29 is 18.9 Å². The van der Waals surface area contributed by atoms with E-state index in [1.54, 1.807) is 14.2 Å². The zero-order valence-corrected chi connectivity index (χ0v) is 27.2. The molecule has 0 saturated carbocycles. The van der Waals surface area contributed by atoms with Crippen LogP contribution in [0.4, 0.5) is 0 Å². The molecule has 44 heavy (non-hydrogen) atoms. The standard InChI is InChI=1S/C16H24N4O2.C15H22N4O2.CH4/c1-6-16(7-10(2)13(22-16)8-21-5)20-9-17-14-11(3)18-12(4)19-15(14)20;1-8-9(2)15(21-12(8)6-20-5)19-7-16-13-10(3)17-11(4)18-14(13)19;/h9-10,13H,6-8H2,1-5H3;7-9,12,15H,6H2,1-5H3;1H4/t10-,13-,16-;8-,9?,12-,15?;/m11./s1. The van der Waals surface area contributed by atoms with Gasteiger partial charge < -0.3 is 18.9 Å². The first kappa shape index (κ1) is 33.8. The minimum absolute atomic E-state index is 0. The van der Waals surface area contributed by atoms with Crippen LogP contribution in [0.3, 0.4) is 0 Å². The fraction of sp³-hybridized carbons (Fsp3) is 0.688. The summed E-state index contributed by atoms with van der Waals surface area (Å²) in [6.45, 7) is 17.7. The summed E-state index contributed by atoms with van der Waals surface area (Å²) in [4.78, 5) is 26.9. The van der Waals surface area contributed by atoms with Gasteiger partial charge in [0.05, 0.1) is 49.5 Å². The van der Waals surface area contributed by atoms with Crippen LogP contribution in [0.2, 0.25) is 0 Å². The fourth-order valence-electron chi connectivity index (χ4n) is 6.55. The first-order chi connectivity index (χ1) is 20.5. The molecule has 242 valence electrons. The van der Waals surface area contributed by atoms with Gasteiger partial charge in [-0.2, -0.15) is 0 Å². The SMILES string of the molecule is C.CC[C@]1(n2cnc3c(C)nc(C)nc32)C[C@@H](C)[C@@H](COC)O1.COC[C@H]1OC(n2cnc3c(C)nc(C)nc32)C(C)[C@H]1C. The molecule has 2 saturated heterocycles. The van der Waals surface area contributed by atoms with Crippen molar-refractivity contribution in [2.24, 2.45) is 17.8 Å². The Morgan fingerprint density at radius 2 is 1.39 bits per heavy atom. The maximum atomic E-state index is 6.42. The topological polar surface area (TPSA) is 124 Å². The van der Waals surface area contributed by atoms with Crippen molar-refractivity contribution in [2.75, 3.05) is 27.4 Å². The van der Waals surface area contributed by atoms with E-state index in [4.69, 9.17) is 18.9 Å². The highest BCUT2D eigenvalue weighted by molar-refractivity contribution is 5.74. The largest absolute Gasteiger partial charge is 0.382 e. The van der Waals surface area contributed by atoms with E-state index >= 15 is 0 Å². The van der Waals surface area contributed by atoms with Gasteiger partial charge in [0.25, 0.3) is 0 Å². The number of hydrogen-bond acceptors (Lipinski definition) is 10. The molecule has 0 aromatic carbocycles. The predicted octanol–water partition coefficient (Wildman–Crippen LogP) is 5.47. The van der Waals surface area contributed by atoms with Gasteiger partial charge >= 0.3 is 0 Å². The van der Waals surface area contributed by atoms with Gasteiger partial charge in [-0.3, -0.25) is 9.13 Å². The third-order valence-corrected chi connectivity index (χ3v) is 9.14. The Morgan fingerprint density at radius 1 is 0.818 bits per heavy atom. The summed E-state index contributed by atoms with van der Waals surface area (Å²) < 4.78 is 27.3. The van der Waals surface area contributed by atoms with E-state index in [0.29, 0.717) is 31.0 Å². The van der Waals surface area contributed by atoms with Gasteiger partial charge in [-0.25, -0.2) is 29.9 Å². The second kappa shape index (κ2) is 13.5. The molecule has 12 heteroatoms. The molecule has 4 aromatic heterocycles. The van der Waals surface area contributed by atoms with Crippen LogP contribution in [-0.4, -0.2) is 78.7 Å². The Hall–Kier alpha value is -3.06. The highest BCUT2D eigenvalue weighted by atomic mass is 16.6. The average molecular weight is 611 g/mol. The Kier molecular flexibility index (Phi) is 10.4. The molecule has 6 rings (SSSR count). The molecule has 0 N–H and O–H groups in total. The minimum Gasteiger partial charge on any atom is -0.382 e.